The van der Waals surface area contributed by atoms with Crippen molar-refractivity contribution < 1.29 is 28.4 Å². The van der Waals surface area contributed by atoms with E-state index >= 15 is 0 Å². The van der Waals surface area contributed by atoms with Crippen LogP contribution in [0.4, 0.5) is 0 Å². The summed E-state index contributed by atoms with van der Waals surface area (Å²) in [6.45, 7) is 5.03. The Morgan fingerprint density at radius 3 is 2.42 bits per heavy atom. The SMILES string of the molecule is Cc1cc(C2=NO[C@@H](C[C@](C)(C(=O)NO)S(C)(=O)=O)C2)ccc1-c1ccc(C[C@@H](C)O)cc1. The van der Waals surface area contributed by atoms with E-state index in [0.717, 1.165) is 34.1 Å². The maximum Gasteiger partial charge on any atom is 0.264 e. The van der Waals surface area contributed by atoms with E-state index in [1.165, 1.54) is 12.4 Å². The summed E-state index contributed by atoms with van der Waals surface area (Å²) in [6, 6.07) is 14.0. The second-order valence-corrected chi connectivity index (χ2v) is 11.3. The summed E-state index contributed by atoms with van der Waals surface area (Å²) in [4.78, 5) is 17.5. The molecular formula is C24H30N2O6S. The van der Waals surface area contributed by atoms with Crippen LogP contribution < -0.4 is 5.48 Å². The molecule has 1 aliphatic rings. The molecule has 0 saturated carbocycles. The first-order valence-electron chi connectivity index (χ1n) is 10.7. The van der Waals surface area contributed by atoms with E-state index in [4.69, 9.17) is 10.0 Å². The van der Waals surface area contributed by atoms with E-state index in [2.05, 4.69) is 5.16 Å². The number of hydrogen-bond donors (Lipinski definition) is 3. The first-order chi connectivity index (χ1) is 15.4. The molecule has 33 heavy (non-hydrogen) atoms. The highest BCUT2D eigenvalue weighted by Gasteiger charge is 2.47. The molecule has 0 spiro atoms. The number of carbonyl (C=O) groups excluding carboxylic acids is 1. The minimum atomic E-state index is -3.82. The van der Waals surface area contributed by atoms with Crippen molar-refractivity contribution in [2.75, 3.05) is 6.26 Å². The lowest BCUT2D eigenvalue weighted by Gasteiger charge is -2.26. The molecule has 2 aromatic rings. The van der Waals surface area contributed by atoms with Crippen molar-refractivity contribution in [1.29, 1.82) is 0 Å². The van der Waals surface area contributed by atoms with Gasteiger partial charge in [0.15, 0.2) is 14.6 Å². The van der Waals surface area contributed by atoms with Crippen molar-refractivity contribution in [1.82, 2.24) is 5.48 Å². The lowest BCUT2D eigenvalue weighted by atomic mass is 9.93. The van der Waals surface area contributed by atoms with E-state index in [-0.39, 0.29) is 12.5 Å². The fraction of sp³-hybridized carbons (Fsp3) is 0.417. The molecule has 0 saturated heterocycles. The molecule has 0 radical (unpaired) electrons. The zero-order chi connectivity index (χ0) is 24.4. The normalized spacial score (nSPS) is 18.7. The van der Waals surface area contributed by atoms with Gasteiger partial charge in [0.2, 0.25) is 0 Å². The van der Waals surface area contributed by atoms with Gasteiger partial charge in [-0.1, -0.05) is 41.6 Å². The molecule has 178 valence electrons. The number of benzene rings is 2. The Bertz CT molecular complexity index is 1160. The molecule has 2 aromatic carbocycles. The maximum absolute atomic E-state index is 12.2. The van der Waals surface area contributed by atoms with E-state index in [1.54, 1.807) is 6.92 Å². The van der Waals surface area contributed by atoms with Crippen molar-refractivity contribution in [2.45, 2.75) is 57.0 Å². The quantitative estimate of drug-likeness (QED) is 0.399. The van der Waals surface area contributed by atoms with Crippen molar-refractivity contribution in [3.63, 3.8) is 0 Å². The third-order valence-corrected chi connectivity index (χ3v) is 8.09. The first-order valence-corrected chi connectivity index (χ1v) is 12.6. The third-order valence-electron chi connectivity index (χ3n) is 6.11. The van der Waals surface area contributed by atoms with Gasteiger partial charge in [0, 0.05) is 19.1 Å². The van der Waals surface area contributed by atoms with Crippen LogP contribution in [0.3, 0.4) is 0 Å². The molecule has 0 fully saturated rings. The predicted octanol–water partition coefficient (Wildman–Crippen LogP) is 2.78. The zero-order valence-corrected chi connectivity index (χ0v) is 20.0. The van der Waals surface area contributed by atoms with Gasteiger partial charge in [0.25, 0.3) is 5.91 Å². The number of hydroxylamine groups is 1. The number of nitrogens with one attached hydrogen (secondary N) is 1. The van der Waals surface area contributed by atoms with Gasteiger partial charge in [0.1, 0.15) is 6.10 Å². The molecule has 0 aromatic heterocycles. The van der Waals surface area contributed by atoms with Crippen molar-refractivity contribution in [3.05, 3.63) is 59.2 Å². The number of aliphatic hydroxyl groups is 1. The topological polar surface area (TPSA) is 125 Å². The van der Waals surface area contributed by atoms with Crippen LogP contribution in [0.5, 0.6) is 0 Å². The van der Waals surface area contributed by atoms with E-state index in [9.17, 15) is 18.3 Å². The molecule has 0 unspecified atom stereocenters. The van der Waals surface area contributed by atoms with Gasteiger partial charge in [0.05, 0.1) is 11.8 Å². The van der Waals surface area contributed by atoms with Crippen LogP contribution in [0.15, 0.2) is 47.6 Å². The molecule has 0 bridgehead atoms. The number of carbonyl (C=O) groups is 1. The summed E-state index contributed by atoms with van der Waals surface area (Å²) < 4.78 is 22.6. The van der Waals surface area contributed by atoms with E-state index < -0.39 is 26.6 Å². The molecule has 1 amide bonds. The summed E-state index contributed by atoms with van der Waals surface area (Å²) in [5, 5.41) is 22.7. The minimum absolute atomic E-state index is 0.138. The van der Waals surface area contributed by atoms with Crippen LogP contribution in [-0.4, -0.2) is 53.6 Å². The number of nitrogens with zero attached hydrogens (tertiary/aromatic N) is 1. The average Bonchev–Trinajstić information content (AvgIpc) is 3.20. The number of amides is 1. The molecular weight excluding hydrogens is 444 g/mol. The number of rotatable bonds is 8. The lowest BCUT2D eigenvalue weighted by molar-refractivity contribution is -0.132. The standard InChI is InChI=1S/C24H30N2O6S/c1-15-11-19(9-10-21(15)18-7-5-17(6-8-18)12-16(2)27)22-13-20(32-26-22)14-24(3,23(28)25-29)33(4,30)31/h5-11,16,20,27,29H,12-14H2,1-4H3,(H,25,28)/t16-,20-,24-/m1/s1. The number of hydrogen-bond acceptors (Lipinski definition) is 7. The van der Waals surface area contributed by atoms with E-state index in [1.807, 2.05) is 49.4 Å². The second-order valence-electron chi connectivity index (χ2n) is 8.90. The number of sulfone groups is 1. The summed E-state index contributed by atoms with van der Waals surface area (Å²) in [5.41, 5.74) is 7.23. The van der Waals surface area contributed by atoms with Crippen molar-refractivity contribution >= 4 is 21.5 Å². The smallest absolute Gasteiger partial charge is 0.264 e. The molecule has 1 aliphatic heterocycles. The summed E-state index contributed by atoms with van der Waals surface area (Å²) in [6.07, 6.45) is 0.773. The fourth-order valence-corrected chi connectivity index (χ4v) is 4.87. The van der Waals surface area contributed by atoms with Gasteiger partial charge in [-0.25, -0.2) is 13.9 Å². The summed E-state index contributed by atoms with van der Waals surface area (Å²) in [5.74, 6) is -0.998. The van der Waals surface area contributed by atoms with Gasteiger partial charge in [-0.3, -0.25) is 10.0 Å². The molecule has 0 aliphatic carbocycles. The zero-order valence-electron chi connectivity index (χ0n) is 19.2. The molecule has 9 heteroatoms. The van der Waals surface area contributed by atoms with Crippen LogP contribution in [0, 0.1) is 6.92 Å². The van der Waals surface area contributed by atoms with Gasteiger partial charge < -0.3 is 9.94 Å². The monoisotopic (exact) mass is 474 g/mol. The van der Waals surface area contributed by atoms with Crippen LogP contribution in [0.25, 0.3) is 11.1 Å². The van der Waals surface area contributed by atoms with Crippen molar-refractivity contribution in [2.24, 2.45) is 5.16 Å². The Labute approximate surface area is 194 Å². The third kappa shape index (κ3) is 5.43. The Balaban J connectivity index is 1.74. The Kier molecular flexibility index (Phi) is 7.26. The van der Waals surface area contributed by atoms with Crippen LogP contribution in [0.2, 0.25) is 0 Å². The number of aryl methyl sites for hydroxylation is 1. The summed E-state index contributed by atoms with van der Waals surface area (Å²) in [7, 11) is -3.82. The summed E-state index contributed by atoms with van der Waals surface area (Å²) >= 11 is 0. The second kappa shape index (κ2) is 9.62. The van der Waals surface area contributed by atoms with Gasteiger partial charge >= 0.3 is 0 Å². The molecule has 3 atom stereocenters. The van der Waals surface area contributed by atoms with Gasteiger partial charge in [-0.05, 0) is 61.1 Å². The molecule has 3 rings (SSSR count). The highest BCUT2D eigenvalue weighted by Crippen LogP contribution is 2.31. The van der Waals surface area contributed by atoms with Crippen LogP contribution >= 0.6 is 0 Å². The highest BCUT2D eigenvalue weighted by molar-refractivity contribution is 7.92. The van der Waals surface area contributed by atoms with Gasteiger partial charge in [-0.2, -0.15) is 0 Å². The molecule has 3 N–H and O–H groups in total. The fourth-order valence-electron chi connectivity index (χ4n) is 4.00. The van der Waals surface area contributed by atoms with Crippen LogP contribution in [-0.2, 0) is 25.9 Å². The highest BCUT2D eigenvalue weighted by atomic mass is 32.2. The first kappa shape index (κ1) is 24.9. The maximum atomic E-state index is 12.2. The average molecular weight is 475 g/mol. The number of oxime groups is 1. The Morgan fingerprint density at radius 2 is 1.88 bits per heavy atom. The Hall–Kier alpha value is -2.75. The van der Waals surface area contributed by atoms with Crippen LogP contribution in [0.1, 0.15) is 43.4 Å². The molecule has 1 heterocycles. The minimum Gasteiger partial charge on any atom is -0.393 e. The Morgan fingerprint density at radius 1 is 1.24 bits per heavy atom. The lowest BCUT2D eigenvalue weighted by Crippen LogP contribution is -2.51. The number of aliphatic hydroxyl groups excluding tert-OH is 1. The largest absolute Gasteiger partial charge is 0.393 e. The van der Waals surface area contributed by atoms with Crippen molar-refractivity contribution in [3.8, 4) is 11.1 Å². The molecule has 8 nitrogen and oxygen atoms in total. The predicted molar refractivity (Wildman–Crippen MR) is 126 cm³/mol. The van der Waals surface area contributed by atoms with E-state index in [0.29, 0.717) is 18.6 Å². The van der Waals surface area contributed by atoms with Gasteiger partial charge in [-0.15, -0.1) is 0 Å².